The molecule has 1 amide bonds. The zero-order valence-corrected chi connectivity index (χ0v) is 12.5. The lowest BCUT2D eigenvalue weighted by atomic mass is 10.0. The van der Waals surface area contributed by atoms with Gasteiger partial charge in [0.2, 0.25) is 5.91 Å². The summed E-state index contributed by atoms with van der Waals surface area (Å²) in [7, 11) is 1.60. The van der Waals surface area contributed by atoms with Crippen LogP contribution in [-0.4, -0.2) is 25.2 Å². The molecule has 0 heterocycles. The van der Waals surface area contributed by atoms with Gasteiger partial charge >= 0.3 is 0 Å². The Balaban J connectivity index is 2.75. The molecule has 0 radical (unpaired) electrons. The molecule has 0 atom stereocenters. The predicted octanol–water partition coefficient (Wildman–Crippen LogP) is 2.06. The Bertz CT molecular complexity index is 539. The summed E-state index contributed by atoms with van der Waals surface area (Å²) in [6, 6.07) is 5.62. The molecule has 1 aromatic carbocycles. The molecule has 0 spiro atoms. The van der Waals surface area contributed by atoms with Crippen LogP contribution in [0.3, 0.4) is 0 Å². The molecule has 0 aliphatic heterocycles. The van der Waals surface area contributed by atoms with E-state index in [0.29, 0.717) is 13.0 Å². The lowest BCUT2D eigenvalue weighted by Gasteiger charge is -2.22. The van der Waals surface area contributed by atoms with Gasteiger partial charge in [-0.2, -0.15) is 0 Å². The summed E-state index contributed by atoms with van der Waals surface area (Å²) in [6.45, 7) is 6.05. The van der Waals surface area contributed by atoms with Gasteiger partial charge in [0.05, 0.1) is 18.6 Å². The van der Waals surface area contributed by atoms with Crippen molar-refractivity contribution in [1.29, 1.82) is 0 Å². The van der Waals surface area contributed by atoms with Gasteiger partial charge in [0.1, 0.15) is 0 Å². The van der Waals surface area contributed by atoms with Gasteiger partial charge in [0.25, 0.3) is 0 Å². The van der Waals surface area contributed by atoms with E-state index in [1.165, 1.54) is 0 Å². The van der Waals surface area contributed by atoms with Crippen LogP contribution in [0.5, 0.6) is 0 Å². The number of aryl methyl sites for hydroxylation is 1. The number of hydrogen-bond donors (Lipinski definition) is 2. The van der Waals surface area contributed by atoms with E-state index in [0.717, 1.165) is 16.8 Å². The van der Waals surface area contributed by atoms with Crippen LogP contribution < -0.4 is 11.1 Å². The third kappa shape index (κ3) is 5.04. The number of nitrogens with one attached hydrogen (secondary N) is 1. The fraction of sp³-hybridized carbons (Fsp3) is 0.438. The number of hydrogen-bond acceptors (Lipinski definition) is 3. The maximum atomic E-state index is 11.9. The average molecular weight is 274 g/mol. The fourth-order valence-corrected chi connectivity index (χ4v) is 1.69. The van der Waals surface area contributed by atoms with E-state index in [4.69, 9.17) is 10.5 Å². The van der Waals surface area contributed by atoms with Crippen molar-refractivity contribution in [3.63, 3.8) is 0 Å². The molecule has 20 heavy (non-hydrogen) atoms. The third-order valence-electron chi connectivity index (χ3n) is 2.97. The van der Waals surface area contributed by atoms with Crippen LogP contribution in [0.4, 0.5) is 5.69 Å². The number of carbonyl (C=O) groups excluding carboxylic acids is 1. The van der Waals surface area contributed by atoms with Gasteiger partial charge in [-0.3, -0.25) is 4.79 Å². The lowest BCUT2D eigenvalue weighted by Crippen LogP contribution is -2.29. The number of methoxy groups -OCH3 is 1. The predicted molar refractivity (Wildman–Crippen MR) is 81.4 cm³/mol. The van der Waals surface area contributed by atoms with Crippen molar-refractivity contribution >= 4 is 11.6 Å². The van der Waals surface area contributed by atoms with Gasteiger partial charge in [-0.05, 0) is 44.5 Å². The Morgan fingerprint density at radius 1 is 1.45 bits per heavy atom. The molecule has 0 aromatic heterocycles. The number of ether oxygens (including phenoxy) is 1. The molecule has 4 nitrogen and oxygen atoms in total. The number of rotatable bonds is 4. The van der Waals surface area contributed by atoms with Crippen molar-refractivity contribution in [2.45, 2.75) is 32.8 Å². The molecule has 0 aliphatic carbocycles. The number of carbonyl (C=O) groups is 1. The molecule has 1 rings (SSSR count). The Morgan fingerprint density at radius 2 is 2.15 bits per heavy atom. The second kappa shape index (κ2) is 7.09. The van der Waals surface area contributed by atoms with Gasteiger partial charge in [-0.25, -0.2) is 0 Å². The topological polar surface area (TPSA) is 64.3 Å². The normalized spacial score (nSPS) is 10.7. The first-order chi connectivity index (χ1) is 9.38. The van der Waals surface area contributed by atoms with Crippen LogP contribution in [-0.2, 0) is 9.53 Å². The van der Waals surface area contributed by atoms with Crippen molar-refractivity contribution in [3.8, 4) is 11.8 Å². The molecule has 4 heteroatoms. The summed E-state index contributed by atoms with van der Waals surface area (Å²) in [5, 5.41) is 2.86. The smallest absolute Gasteiger partial charge is 0.227 e. The molecular formula is C16H22N2O2. The number of nitrogens with two attached hydrogens (primary N) is 1. The van der Waals surface area contributed by atoms with Crippen molar-refractivity contribution in [2.24, 2.45) is 5.73 Å². The minimum Gasteiger partial charge on any atom is -0.378 e. The van der Waals surface area contributed by atoms with E-state index in [2.05, 4.69) is 17.2 Å². The minimum absolute atomic E-state index is 0.0722. The van der Waals surface area contributed by atoms with Gasteiger partial charge in [-0.1, -0.05) is 11.8 Å². The summed E-state index contributed by atoms with van der Waals surface area (Å²) in [5.41, 5.74) is 7.58. The Morgan fingerprint density at radius 3 is 2.70 bits per heavy atom. The molecule has 0 saturated heterocycles. The molecule has 0 aliphatic rings. The zero-order valence-electron chi connectivity index (χ0n) is 12.5. The summed E-state index contributed by atoms with van der Waals surface area (Å²) in [4.78, 5) is 11.9. The second-order valence-electron chi connectivity index (χ2n) is 5.22. The Kier molecular flexibility index (Phi) is 5.75. The fourth-order valence-electron chi connectivity index (χ4n) is 1.69. The molecule has 0 bridgehead atoms. The highest BCUT2D eigenvalue weighted by atomic mass is 16.5. The van der Waals surface area contributed by atoms with Crippen LogP contribution in [0.1, 0.15) is 31.4 Å². The maximum Gasteiger partial charge on any atom is 0.227 e. The molecule has 3 N–H and O–H groups in total. The summed E-state index contributed by atoms with van der Waals surface area (Å²) < 4.78 is 5.24. The van der Waals surface area contributed by atoms with Crippen LogP contribution in [0.15, 0.2) is 18.2 Å². The first-order valence-corrected chi connectivity index (χ1v) is 6.52. The molecule has 108 valence electrons. The van der Waals surface area contributed by atoms with Crippen molar-refractivity contribution in [2.75, 3.05) is 19.0 Å². The van der Waals surface area contributed by atoms with E-state index in [1.807, 2.05) is 39.0 Å². The summed E-state index contributed by atoms with van der Waals surface area (Å²) >= 11 is 0. The SMILES string of the molecule is COC(C)(C)CC(=O)Nc1ccc(C#CCN)c(C)c1. The van der Waals surface area contributed by atoms with Gasteiger partial charge in [0, 0.05) is 18.4 Å². The average Bonchev–Trinajstić information content (AvgIpc) is 2.37. The highest BCUT2D eigenvalue weighted by Gasteiger charge is 2.21. The van der Waals surface area contributed by atoms with Crippen LogP contribution in [0.2, 0.25) is 0 Å². The largest absolute Gasteiger partial charge is 0.378 e. The Hall–Kier alpha value is -1.83. The van der Waals surface area contributed by atoms with Gasteiger partial charge in [0.15, 0.2) is 0 Å². The standard InChI is InChI=1S/C16H22N2O2/c1-12-10-14(8-7-13(12)6-5-9-17)18-15(19)11-16(2,3)20-4/h7-8,10H,9,11,17H2,1-4H3,(H,18,19). The summed E-state index contributed by atoms with van der Waals surface area (Å²) in [5.74, 6) is 5.74. The van der Waals surface area contributed by atoms with E-state index in [9.17, 15) is 4.79 Å². The molecule has 0 fully saturated rings. The Labute approximate surface area is 120 Å². The van der Waals surface area contributed by atoms with Crippen LogP contribution in [0.25, 0.3) is 0 Å². The van der Waals surface area contributed by atoms with E-state index < -0.39 is 5.60 Å². The maximum absolute atomic E-state index is 11.9. The second-order valence-corrected chi connectivity index (χ2v) is 5.22. The quantitative estimate of drug-likeness (QED) is 0.826. The van der Waals surface area contributed by atoms with E-state index in [-0.39, 0.29) is 5.91 Å². The zero-order chi connectivity index (χ0) is 15.2. The third-order valence-corrected chi connectivity index (χ3v) is 2.97. The first kappa shape index (κ1) is 16.2. The van der Waals surface area contributed by atoms with Crippen LogP contribution in [0, 0.1) is 18.8 Å². The highest BCUT2D eigenvalue weighted by molar-refractivity contribution is 5.91. The van der Waals surface area contributed by atoms with Crippen molar-refractivity contribution < 1.29 is 9.53 Å². The van der Waals surface area contributed by atoms with Crippen molar-refractivity contribution in [1.82, 2.24) is 0 Å². The summed E-state index contributed by atoms with van der Waals surface area (Å²) in [6.07, 6.45) is 0.303. The lowest BCUT2D eigenvalue weighted by molar-refractivity contribution is -0.121. The van der Waals surface area contributed by atoms with Crippen LogP contribution >= 0.6 is 0 Å². The minimum atomic E-state index is -0.467. The molecular weight excluding hydrogens is 252 g/mol. The highest BCUT2D eigenvalue weighted by Crippen LogP contribution is 2.17. The molecule has 1 aromatic rings. The monoisotopic (exact) mass is 274 g/mol. The molecule has 0 saturated carbocycles. The van der Waals surface area contributed by atoms with E-state index >= 15 is 0 Å². The van der Waals surface area contributed by atoms with Crippen molar-refractivity contribution in [3.05, 3.63) is 29.3 Å². The van der Waals surface area contributed by atoms with Gasteiger partial charge in [-0.15, -0.1) is 0 Å². The number of anilines is 1. The number of benzene rings is 1. The first-order valence-electron chi connectivity index (χ1n) is 6.52. The van der Waals surface area contributed by atoms with E-state index in [1.54, 1.807) is 7.11 Å². The van der Waals surface area contributed by atoms with Gasteiger partial charge < -0.3 is 15.8 Å². The number of amides is 1. The molecule has 0 unspecified atom stereocenters.